The van der Waals surface area contributed by atoms with Crippen molar-refractivity contribution in [1.29, 1.82) is 0 Å². The maximum absolute atomic E-state index is 12.2. The Hall–Kier alpha value is -3.51. The Morgan fingerprint density at radius 1 is 0.744 bits per heavy atom. The summed E-state index contributed by atoms with van der Waals surface area (Å²) in [5.74, 6) is -2.11. The van der Waals surface area contributed by atoms with Gasteiger partial charge in [-0.05, 0) is 43.5 Å². The van der Waals surface area contributed by atoms with Gasteiger partial charge in [0, 0.05) is 25.8 Å². The monoisotopic (exact) mass is 608 g/mol. The van der Waals surface area contributed by atoms with Gasteiger partial charge in [-0.25, -0.2) is 9.59 Å². The molecule has 1 atom stereocenters. The first-order valence-electron chi connectivity index (χ1n) is 15.1. The average molecular weight is 609 g/mol. The van der Waals surface area contributed by atoms with Crippen molar-refractivity contribution >= 4 is 29.5 Å². The third-order valence-electron chi connectivity index (χ3n) is 6.56. The van der Waals surface area contributed by atoms with E-state index in [-0.39, 0.29) is 68.8 Å². The summed E-state index contributed by atoms with van der Waals surface area (Å²) in [6.07, 6.45) is 8.37. The van der Waals surface area contributed by atoms with Crippen LogP contribution in [0, 0.1) is 0 Å². The molecular weight excluding hydrogens is 560 g/mol. The highest BCUT2D eigenvalue weighted by Crippen LogP contribution is 2.14. The van der Waals surface area contributed by atoms with E-state index in [0.717, 1.165) is 44.9 Å². The van der Waals surface area contributed by atoms with Gasteiger partial charge in [-0.15, -0.1) is 0 Å². The number of Topliss-reactive ketones (excluding diaryl/α,β-unsaturated/α-hetero) is 1. The van der Waals surface area contributed by atoms with E-state index in [4.69, 9.17) is 19.3 Å². The lowest BCUT2D eigenvalue weighted by Crippen LogP contribution is -2.41. The number of amides is 2. The van der Waals surface area contributed by atoms with Gasteiger partial charge >= 0.3 is 11.9 Å². The molecule has 242 valence electrons. The Labute approximate surface area is 253 Å². The predicted molar refractivity (Wildman–Crippen MR) is 159 cm³/mol. The summed E-state index contributed by atoms with van der Waals surface area (Å²) in [5.41, 5.74) is 0.232. The maximum Gasteiger partial charge on any atom is 0.335 e. The molecule has 1 rings (SSSR count). The molecule has 2 amide bonds. The van der Waals surface area contributed by atoms with E-state index < -0.39 is 18.0 Å². The van der Waals surface area contributed by atoms with Gasteiger partial charge in [0.2, 0.25) is 11.8 Å². The number of nitrogens with one attached hydrogen (secondary N) is 2. The lowest BCUT2D eigenvalue weighted by atomic mass is 10.1. The molecule has 0 saturated carbocycles. The smallest absolute Gasteiger partial charge is 0.335 e. The first kappa shape index (κ1) is 37.5. The number of hydrogen-bond donors (Lipinski definition) is 4. The van der Waals surface area contributed by atoms with E-state index in [1.807, 2.05) is 0 Å². The first-order valence-corrected chi connectivity index (χ1v) is 15.1. The summed E-state index contributed by atoms with van der Waals surface area (Å²) in [6.45, 7) is 3.52. The standard InChI is InChI=1S/C31H48N2O10/c1-2-25(34)23-42-22-21-41-20-18-32-28(35)17-16-27(31(39)40)33-29(36)11-9-7-5-3-4-6-8-10-19-43-26-14-12-24(13-15-26)30(37)38/h12-15,27H,2-11,16-23H2,1H3,(H,32,35)(H,33,36)(H,37,38)(H,39,40)/t27-/m0/s1. The minimum absolute atomic E-state index is 0.00486. The molecule has 0 fully saturated rings. The molecule has 0 aliphatic rings. The summed E-state index contributed by atoms with van der Waals surface area (Å²) < 4.78 is 16.1. The summed E-state index contributed by atoms with van der Waals surface area (Å²) in [4.78, 5) is 57.7. The van der Waals surface area contributed by atoms with Crippen LogP contribution in [0.5, 0.6) is 5.75 Å². The number of carboxylic acid groups (broad SMARTS) is 2. The van der Waals surface area contributed by atoms with Crippen LogP contribution in [0.1, 0.15) is 94.3 Å². The van der Waals surface area contributed by atoms with Gasteiger partial charge in [0.25, 0.3) is 0 Å². The van der Waals surface area contributed by atoms with Crippen molar-refractivity contribution in [2.24, 2.45) is 0 Å². The van der Waals surface area contributed by atoms with Crippen LogP contribution in [0.3, 0.4) is 0 Å². The van der Waals surface area contributed by atoms with E-state index in [9.17, 15) is 29.1 Å². The number of aliphatic carboxylic acids is 1. The van der Waals surface area contributed by atoms with E-state index in [2.05, 4.69) is 10.6 Å². The van der Waals surface area contributed by atoms with Gasteiger partial charge in [0.05, 0.1) is 32.0 Å². The highest BCUT2D eigenvalue weighted by atomic mass is 16.5. The average Bonchev–Trinajstić information content (AvgIpc) is 2.99. The predicted octanol–water partition coefficient (Wildman–Crippen LogP) is 3.75. The molecule has 0 unspecified atom stereocenters. The van der Waals surface area contributed by atoms with Crippen LogP contribution in [-0.4, -0.2) is 85.4 Å². The molecule has 0 heterocycles. The van der Waals surface area contributed by atoms with Crippen molar-refractivity contribution in [2.75, 3.05) is 39.6 Å². The molecular formula is C31H48N2O10. The zero-order valence-electron chi connectivity index (χ0n) is 25.3. The fourth-order valence-electron chi connectivity index (χ4n) is 3.99. The van der Waals surface area contributed by atoms with Crippen LogP contribution in [0.4, 0.5) is 0 Å². The van der Waals surface area contributed by atoms with Gasteiger partial charge in [0.15, 0.2) is 5.78 Å². The number of ketones is 1. The third-order valence-corrected chi connectivity index (χ3v) is 6.56. The SMILES string of the molecule is CCC(=O)COCCOCCNC(=O)CC[C@H](NC(=O)CCCCCCCCCCOc1ccc(C(=O)O)cc1)C(=O)O. The van der Waals surface area contributed by atoms with Crippen molar-refractivity contribution < 1.29 is 48.4 Å². The van der Waals surface area contributed by atoms with Crippen LogP contribution >= 0.6 is 0 Å². The number of carbonyl (C=O) groups is 5. The molecule has 43 heavy (non-hydrogen) atoms. The fraction of sp³-hybridized carbons (Fsp3) is 0.645. The number of hydrogen-bond acceptors (Lipinski definition) is 8. The Kier molecular flexibility index (Phi) is 20.9. The van der Waals surface area contributed by atoms with Gasteiger partial charge in [0.1, 0.15) is 18.4 Å². The minimum Gasteiger partial charge on any atom is -0.494 e. The summed E-state index contributed by atoms with van der Waals surface area (Å²) in [6, 6.07) is 5.24. The molecule has 0 spiro atoms. The van der Waals surface area contributed by atoms with E-state index in [1.165, 1.54) is 12.1 Å². The van der Waals surface area contributed by atoms with Crippen molar-refractivity contribution in [3.8, 4) is 5.75 Å². The molecule has 1 aromatic carbocycles. The van der Waals surface area contributed by atoms with Crippen molar-refractivity contribution in [3.63, 3.8) is 0 Å². The van der Waals surface area contributed by atoms with Crippen LogP contribution in [0.25, 0.3) is 0 Å². The van der Waals surface area contributed by atoms with Gasteiger partial charge in [-0.3, -0.25) is 14.4 Å². The quantitative estimate of drug-likeness (QED) is 0.108. The van der Waals surface area contributed by atoms with Gasteiger partial charge < -0.3 is 35.1 Å². The molecule has 0 radical (unpaired) electrons. The third kappa shape index (κ3) is 20.1. The highest BCUT2D eigenvalue weighted by Gasteiger charge is 2.20. The Balaban J connectivity index is 2.01. The van der Waals surface area contributed by atoms with E-state index in [1.54, 1.807) is 19.1 Å². The van der Waals surface area contributed by atoms with Crippen LogP contribution in [0.15, 0.2) is 24.3 Å². The zero-order chi connectivity index (χ0) is 31.7. The summed E-state index contributed by atoms with van der Waals surface area (Å²) in [5, 5.41) is 23.5. The van der Waals surface area contributed by atoms with E-state index in [0.29, 0.717) is 31.8 Å². The lowest BCUT2D eigenvalue weighted by molar-refractivity contribution is -0.142. The van der Waals surface area contributed by atoms with Crippen molar-refractivity contribution in [1.82, 2.24) is 10.6 Å². The first-order chi connectivity index (χ1) is 20.7. The summed E-state index contributed by atoms with van der Waals surface area (Å²) >= 11 is 0. The molecule has 4 N–H and O–H groups in total. The molecule has 0 saturated heterocycles. The lowest BCUT2D eigenvalue weighted by Gasteiger charge is -2.14. The Bertz CT molecular complexity index is 968. The number of carbonyl (C=O) groups excluding carboxylic acids is 3. The summed E-state index contributed by atoms with van der Waals surface area (Å²) in [7, 11) is 0. The van der Waals surface area contributed by atoms with Crippen LogP contribution < -0.4 is 15.4 Å². The second-order valence-corrected chi connectivity index (χ2v) is 10.2. The Morgan fingerprint density at radius 2 is 1.37 bits per heavy atom. The largest absolute Gasteiger partial charge is 0.494 e. The molecule has 0 aromatic heterocycles. The topological polar surface area (TPSA) is 178 Å². The number of benzene rings is 1. The molecule has 1 aromatic rings. The number of carboxylic acids is 2. The number of ether oxygens (including phenoxy) is 3. The maximum atomic E-state index is 12.2. The second-order valence-electron chi connectivity index (χ2n) is 10.2. The number of aromatic carboxylic acids is 1. The van der Waals surface area contributed by atoms with Crippen molar-refractivity contribution in [2.45, 2.75) is 90.0 Å². The Morgan fingerprint density at radius 3 is 2.00 bits per heavy atom. The fourth-order valence-corrected chi connectivity index (χ4v) is 3.99. The second kappa shape index (κ2) is 24.0. The van der Waals surface area contributed by atoms with E-state index >= 15 is 0 Å². The molecule has 12 heteroatoms. The normalized spacial score (nSPS) is 11.5. The minimum atomic E-state index is -1.17. The van der Waals surface area contributed by atoms with Gasteiger partial charge in [-0.2, -0.15) is 0 Å². The molecule has 0 aliphatic carbocycles. The van der Waals surface area contributed by atoms with Gasteiger partial charge in [-0.1, -0.05) is 45.4 Å². The zero-order valence-corrected chi connectivity index (χ0v) is 25.3. The van der Waals surface area contributed by atoms with Crippen LogP contribution in [0.2, 0.25) is 0 Å². The van der Waals surface area contributed by atoms with Crippen molar-refractivity contribution in [3.05, 3.63) is 29.8 Å². The molecule has 12 nitrogen and oxygen atoms in total. The number of unbranched alkanes of at least 4 members (excludes halogenated alkanes) is 7. The highest BCUT2D eigenvalue weighted by molar-refractivity contribution is 5.87. The molecule has 0 aliphatic heterocycles. The van der Waals surface area contributed by atoms with Crippen LogP contribution in [-0.2, 0) is 28.7 Å². The molecule has 0 bridgehead atoms. The number of rotatable bonds is 27.